The van der Waals surface area contributed by atoms with Gasteiger partial charge in [0.05, 0.1) is 20.8 Å². The highest BCUT2D eigenvalue weighted by atomic mass is 35.5. The minimum atomic E-state index is -0.627. The maximum atomic E-state index is 13.7. The van der Waals surface area contributed by atoms with Crippen molar-refractivity contribution in [1.82, 2.24) is 10.3 Å². The monoisotopic (exact) mass is 441 g/mol. The Hall–Kier alpha value is -2.87. The van der Waals surface area contributed by atoms with Gasteiger partial charge in [0.25, 0.3) is 5.91 Å². The number of carbonyl (C=O) groups is 1. The van der Waals surface area contributed by atoms with Crippen molar-refractivity contribution < 1.29 is 9.18 Å². The average molecular weight is 442 g/mol. The Morgan fingerprint density at radius 3 is 2.59 bits per heavy atom. The molecule has 0 aliphatic rings. The van der Waals surface area contributed by atoms with Crippen LogP contribution in [0, 0.1) is 5.82 Å². The molecule has 4 nitrogen and oxygen atoms in total. The first kappa shape index (κ1) is 19.4. The zero-order chi connectivity index (χ0) is 20.4. The molecule has 0 saturated carbocycles. The van der Waals surface area contributed by atoms with Crippen LogP contribution >= 0.6 is 35.2 Å². The van der Waals surface area contributed by atoms with Gasteiger partial charge in [0.2, 0.25) is 0 Å². The van der Waals surface area contributed by atoms with Gasteiger partial charge in [-0.3, -0.25) is 10.1 Å². The Balaban J connectivity index is 1.48. The summed E-state index contributed by atoms with van der Waals surface area (Å²) >= 11 is 13.2. The molecule has 0 aliphatic carbocycles. The SMILES string of the molecule is O=C(NC(=S)Nc1ccc(-c2nc3ccccc3s2)c(Cl)c1)c1ccccc1F. The normalized spacial score (nSPS) is 10.7. The summed E-state index contributed by atoms with van der Waals surface area (Å²) in [7, 11) is 0. The van der Waals surface area contributed by atoms with E-state index in [1.165, 1.54) is 18.2 Å². The van der Waals surface area contributed by atoms with Gasteiger partial charge in [0.15, 0.2) is 5.11 Å². The van der Waals surface area contributed by atoms with Gasteiger partial charge < -0.3 is 5.32 Å². The van der Waals surface area contributed by atoms with Gasteiger partial charge in [0, 0.05) is 11.3 Å². The summed E-state index contributed by atoms with van der Waals surface area (Å²) in [5.41, 5.74) is 2.24. The molecule has 4 aromatic rings. The van der Waals surface area contributed by atoms with Crippen LogP contribution in [0.15, 0.2) is 66.7 Å². The standard InChI is InChI=1S/C21H13ClFN3OS2/c22-15-11-12(24-21(28)26-19(27)14-5-1-2-6-16(14)23)9-10-13(15)20-25-17-7-3-4-8-18(17)29-20/h1-11H,(H2,24,26,27,28). The quantitative estimate of drug-likeness (QED) is 0.390. The maximum absolute atomic E-state index is 13.7. The smallest absolute Gasteiger partial charge is 0.260 e. The number of aromatic nitrogens is 1. The lowest BCUT2D eigenvalue weighted by molar-refractivity contribution is 0.0974. The first-order chi connectivity index (χ1) is 14.0. The summed E-state index contributed by atoms with van der Waals surface area (Å²) < 4.78 is 14.8. The maximum Gasteiger partial charge on any atom is 0.260 e. The van der Waals surface area contributed by atoms with Crippen LogP contribution in [0.25, 0.3) is 20.8 Å². The molecule has 0 radical (unpaired) electrons. The van der Waals surface area contributed by atoms with Crippen LogP contribution < -0.4 is 10.6 Å². The molecule has 0 unspecified atom stereocenters. The van der Waals surface area contributed by atoms with Crippen LogP contribution in [0.5, 0.6) is 0 Å². The molecule has 0 saturated heterocycles. The van der Waals surface area contributed by atoms with Crippen molar-refractivity contribution in [2.75, 3.05) is 5.32 Å². The molecule has 4 rings (SSSR count). The fourth-order valence-corrected chi connectivity index (χ4v) is 4.27. The van der Waals surface area contributed by atoms with E-state index in [2.05, 4.69) is 15.6 Å². The highest BCUT2D eigenvalue weighted by molar-refractivity contribution is 7.80. The Morgan fingerprint density at radius 2 is 1.83 bits per heavy atom. The zero-order valence-electron chi connectivity index (χ0n) is 14.8. The molecule has 0 atom stereocenters. The van der Waals surface area contributed by atoms with Gasteiger partial charge in [-0.25, -0.2) is 9.37 Å². The minimum Gasteiger partial charge on any atom is -0.332 e. The number of anilines is 1. The van der Waals surface area contributed by atoms with Crippen LogP contribution in [0.3, 0.4) is 0 Å². The van der Waals surface area contributed by atoms with Crippen LogP contribution in [0.2, 0.25) is 5.02 Å². The summed E-state index contributed by atoms with van der Waals surface area (Å²) in [4.78, 5) is 16.8. The Bertz CT molecular complexity index is 1210. The number of amides is 1. The minimum absolute atomic E-state index is 0.0436. The van der Waals surface area contributed by atoms with Crippen molar-refractivity contribution in [2.45, 2.75) is 0 Å². The lowest BCUT2D eigenvalue weighted by Gasteiger charge is -2.11. The Morgan fingerprint density at radius 1 is 1.07 bits per heavy atom. The number of hydrogen-bond donors (Lipinski definition) is 2. The van der Waals surface area contributed by atoms with Crippen LogP contribution in [0.4, 0.5) is 10.1 Å². The van der Waals surface area contributed by atoms with E-state index in [-0.39, 0.29) is 10.7 Å². The third-order valence-electron chi connectivity index (χ3n) is 4.10. The van der Waals surface area contributed by atoms with Crippen LogP contribution in [-0.2, 0) is 0 Å². The number of fused-ring (bicyclic) bond motifs is 1. The number of carbonyl (C=O) groups excluding carboxylic acids is 1. The predicted molar refractivity (Wildman–Crippen MR) is 120 cm³/mol. The van der Waals surface area contributed by atoms with Gasteiger partial charge in [-0.1, -0.05) is 35.9 Å². The molecule has 0 fully saturated rings. The third kappa shape index (κ3) is 4.27. The van der Waals surface area contributed by atoms with Crippen molar-refractivity contribution in [3.05, 3.63) is 83.1 Å². The second-order valence-corrected chi connectivity index (χ2v) is 7.92. The largest absolute Gasteiger partial charge is 0.332 e. The van der Waals surface area contributed by atoms with Gasteiger partial charge in [-0.05, 0) is 54.7 Å². The number of para-hydroxylation sites is 1. The molecule has 1 heterocycles. The Kier molecular flexibility index (Phi) is 5.53. The molecular formula is C21H13ClFN3OS2. The zero-order valence-corrected chi connectivity index (χ0v) is 17.2. The molecule has 8 heteroatoms. The molecule has 1 aromatic heterocycles. The summed E-state index contributed by atoms with van der Waals surface area (Å²) in [6.45, 7) is 0. The first-order valence-electron chi connectivity index (χ1n) is 8.53. The molecule has 144 valence electrons. The van der Waals surface area contributed by atoms with Gasteiger partial charge in [-0.2, -0.15) is 0 Å². The molecule has 29 heavy (non-hydrogen) atoms. The van der Waals surface area contributed by atoms with Crippen LogP contribution in [0.1, 0.15) is 10.4 Å². The van der Waals surface area contributed by atoms with Crippen molar-refractivity contribution in [1.29, 1.82) is 0 Å². The van der Waals surface area contributed by atoms with E-state index in [1.54, 1.807) is 29.5 Å². The average Bonchev–Trinajstić information content (AvgIpc) is 3.12. The van der Waals surface area contributed by atoms with Gasteiger partial charge >= 0.3 is 0 Å². The molecule has 1 amide bonds. The molecule has 0 aliphatic heterocycles. The van der Waals surface area contributed by atoms with Gasteiger partial charge in [-0.15, -0.1) is 11.3 Å². The fraction of sp³-hybridized carbons (Fsp3) is 0. The second kappa shape index (κ2) is 8.24. The molecule has 0 bridgehead atoms. The number of nitrogens with one attached hydrogen (secondary N) is 2. The highest BCUT2D eigenvalue weighted by Gasteiger charge is 2.14. The van der Waals surface area contributed by atoms with E-state index >= 15 is 0 Å². The van der Waals surface area contributed by atoms with Crippen molar-refractivity contribution in [3.63, 3.8) is 0 Å². The molecular weight excluding hydrogens is 429 g/mol. The van der Waals surface area contributed by atoms with E-state index in [4.69, 9.17) is 23.8 Å². The number of thiazole rings is 1. The van der Waals surface area contributed by atoms with E-state index in [0.717, 1.165) is 20.8 Å². The number of thiocarbonyl (C=S) groups is 1. The van der Waals surface area contributed by atoms with E-state index in [9.17, 15) is 9.18 Å². The Labute approximate surface area is 180 Å². The van der Waals surface area contributed by atoms with E-state index in [1.807, 2.05) is 30.3 Å². The third-order valence-corrected chi connectivity index (χ3v) is 5.68. The van der Waals surface area contributed by atoms with E-state index in [0.29, 0.717) is 10.7 Å². The highest BCUT2D eigenvalue weighted by Crippen LogP contribution is 2.35. The number of rotatable bonds is 3. The van der Waals surface area contributed by atoms with Gasteiger partial charge in [0.1, 0.15) is 10.8 Å². The summed E-state index contributed by atoms with van der Waals surface area (Å²) in [5, 5.41) is 6.70. The lowest BCUT2D eigenvalue weighted by Crippen LogP contribution is -2.34. The summed E-state index contributed by atoms with van der Waals surface area (Å²) in [6, 6.07) is 18.9. The number of benzene rings is 3. The molecule has 3 aromatic carbocycles. The molecule has 0 spiro atoms. The lowest BCUT2D eigenvalue weighted by atomic mass is 10.2. The van der Waals surface area contributed by atoms with Crippen LogP contribution in [-0.4, -0.2) is 16.0 Å². The van der Waals surface area contributed by atoms with E-state index < -0.39 is 11.7 Å². The second-order valence-electron chi connectivity index (χ2n) is 6.07. The number of halogens is 2. The topological polar surface area (TPSA) is 54.0 Å². The summed E-state index contributed by atoms with van der Waals surface area (Å²) in [6.07, 6.45) is 0. The molecule has 2 N–H and O–H groups in total. The van der Waals surface area contributed by atoms with Crippen molar-refractivity contribution in [2.24, 2.45) is 0 Å². The number of hydrogen-bond acceptors (Lipinski definition) is 4. The van der Waals surface area contributed by atoms with Crippen molar-refractivity contribution in [3.8, 4) is 10.6 Å². The number of nitrogens with zero attached hydrogens (tertiary/aromatic N) is 1. The van der Waals surface area contributed by atoms with Crippen molar-refractivity contribution >= 4 is 62.1 Å². The fourth-order valence-electron chi connectivity index (χ4n) is 2.73. The first-order valence-corrected chi connectivity index (χ1v) is 10.1. The summed E-state index contributed by atoms with van der Waals surface area (Å²) in [5.74, 6) is -1.24. The predicted octanol–water partition coefficient (Wildman–Crippen LogP) is 5.88.